The molecule has 1 aromatic carbocycles. The van der Waals surface area contributed by atoms with Crippen molar-refractivity contribution in [1.29, 1.82) is 5.26 Å². The molecule has 1 rings (SSSR count). The summed E-state index contributed by atoms with van der Waals surface area (Å²) in [6.07, 6.45) is 0.123. The minimum absolute atomic E-state index is 0.123. The largest absolute Gasteiger partial charge is 0.466 e. The lowest BCUT2D eigenvalue weighted by Crippen LogP contribution is -2.09. The second-order valence-corrected chi connectivity index (χ2v) is 3.71. The molecule has 0 aromatic heterocycles. The van der Waals surface area contributed by atoms with Gasteiger partial charge in [-0.15, -0.1) is 0 Å². The van der Waals surface area contributed by atoms with E-state index in [9.17, 15) is 4.79 Å². The first kappa shape index (κ1) is 11.7. The molecular weight excluding hydrogens is 258 g/mol. The molecule has 3 nitrogen and oxygen atoms in total. The van der Waals surface area contributed by atoms with Crippen molar-refractivity contribution in [3.63, 3.8) is 0 Å². The fourth-order valence-corrected chi connectivity index (χ4v) is 1.71. The summed E-state index contributed by atoms with van der Waals surface area (Å²) in [6.45, 7) is 2.11. The molecule has 78 valence electrons. The summed E-state index contributed by atoms with van der Waals surface area (Å²) < 4.78 is 5.59. The van der Waals surface area contributed by atoms with Crippen LogP contribution in [0.4, 0.5) is 0 Å². The van der Waals surface area contributed by atoms with Crippen molar-refractivity contribution in [2.75, 3.05) is 6.61 Å². The van der Waals surface area contributed by atoms with Crippen LogP contribution in [-0.2, 0) is 16.0 Å². The van der Waals surface area contributed by atoms with Crippen LogP contribution in [-0.4, -0.2) is 12.6 Å². The van der Waals surface area contributed by atoms with E-state index in [1.54, 1.807) is 25.1 Å². The molecule has 15 heavy (non-hydrogen) atoms. The number of carbonyl (C=O) groups excluding carboxylic acids is 1. The molecule has 0 aliphatic heterocycles. The lowest BCUT2D eigenvalue weighted by Gasteiger charge is -2.05. The minimum Gasteiger partial charge on any atom is -0.466 e. The Morgan fingerprint density at radius 3 is 2.93 bits per heavy atom. The highest BCUT2D eigenvalue weighted by Crippen LogP contribution is 2.21. The van der Waals surface area contributed by atoms with Gasteiger partial charge in [0.25, 0.3) is 0 Å². The van der Waals surface area contributed by atoms with Gasteiger partial charge in [0.05, 0.1) is 24.7 Å². The second kappa shape index (κ2) is 5.52. The molecule has 4 heteroatoms. The van der Waals surface area contributed by atoms with Gasteiger partial charge in [0.2, 0.25) is 0 Å². The average Bonchev–Trinajstić information content (AvgIpc) is 2.21. The monoisotopic (exact) mass is 267 g/mol. The molecular formula is C11H10BrNO2. The van der Waals surface area contributed by atoms with Crippen molar-refractivity contribution >= 4 is 21.9 Å². The summed E-state index contributed by atoms with van der Waals surface area (Å²) >= 11 is 3.31. The molecule has 0 fully saturated rings. The smallest absolute Gasteiger partial charge is 0.310 e. The van der Waals surface area contributed by atoms with Gasteiger partial charge in [-0.3, -0.25) is 4.79 Å². The van der Waals surface area contributed by atoms with Crippen LogP contribution in [0.3, 0.4) is 0 Å². The molecule has 0 bridgehead atoms. The highest BCUT2D eigenvalue weighted by Gasteiger charge is 2.11. The molecule has 0 amide bonds. The zero-order chi connectivity index (χ0) is 11.3. The summed E-state index contributed by atoms with van der Waals surface area (Å²) in [5.41, 5.74) is 1.18. The lowest BCUT2D eigenvalue weighted by atomic mass is 10.1. The molecule has 0 N–H and O–H groups in total. The number of carbonyl (C=O) groups is 1. The Hall–Kier alpha value is -1.34. The summed E-state index contributed by atoms with van der Waals surface area (Å²) in [5.74, 6) is -0.319. The topological polar surface area (TPSA) is 50.1 Å². The lowest BCUT2D eigenvalue weighted by molar-refractivity contribution is -0.142. The quantitative estimate of drug-likeness (QED) is 0.791. The molecule has 0 aliphatic carbocycles. The van der Waals surface area contributed by atoms with Gasteiger partial charge in [-0.2, -0.15) is 5.26 Å². The normalized spacial score (nSPS) is 9.40. The third-order valence-corrected chi connectivity index (χ3v) is 2.61. The maximum absolute atomic E-state index is 11.3. The van der Waals surface area contributed by atoms with Crippen LogP contribution in [0.25, 0.3) is 0 Å². The maximum Gasteiger partial charge on any atom is 0.310 e. The van der Waals surface area contributed by atoms with Gasteiger partial charge >= 0.3 is 5.97 Å². The number of ether oxygens (including phenoxy) is 1. The highest BCUT2D eigenvalue weighted by atomic mass is 79.9. The Bertz CT molecular complexity index is 410. The van der Waals surface area contributed by atoms with E-state index in [1.165, 1.54) is 0 Å². The van der Waals surface area contributed by atoms with Crippen molar-refractivity contribution in [3.8, 4) is 6.07 Å². The first-order valence-electron chi connectivity index (χ1n) is 4.52. The molecule has 0 spiro atoms. The first-order chi connectivity index (χ1) is 7.19. The van der Waals surface area contributed by atoms with Gasteiger partial charge < -0.3 is 4.74 Å². The Balaban J connectivity index is 2.94. The first-order valence-corrected chi connectivity index (χ1v) is 5.31. The Labute approximate surface area is 96.8 Å². The van der Waals surface area contributed by atoms with Crippen LogP contribution >= 0.6 is 15.9 Å². The van der Waals surface area contributed by atoms with Gasteiger partial charge in [0.1, 0.15) is 0 Å². The Morgan fingerprint density at radius 1 is 1.60 bits per heavy atom. The van der Waals surface area contributed by atoms with Crippen molar-refractivity contribution in [3.05, 3.63) is 33.8 Å². The predicted molar refractivity (Wildman–Crippen MR) is 59.2 cm³/mol. The zero-order valence-electron chi connectivity index (χ0n) is 8.29. The van der Waals surface area contributed by atoms with Crippen LogP contribution in [0, 0.1) is 11.3 Å². The summed E-state index contributed by atoms with van der Waals surface area (Å²) in [6, 6.07) is 7.29. The van der Waals surface area contributed by atoms with Gasteiger partial charge in [0.15, 0.2) is 0 Å². The molecule has 0 saturated heterocycles. The van der Waals surface area contributed by atoms with E-state index < -0.39 is 0 Å². The fourth-order valence-electron chi connectivity index (χ4n) is 1.20. The minimum atomic E-state index is -0.319. The number of rotatable bonds is 3. The Kier molecular flexibility index (Phi) is 4.32. The van der Waals surface area contributed by atoms with Gasteiger partial charge in [0, 0.05) is 4.47 Å². The maximum atomic E-state index is 11.3. The van der Waals surface area contributed by atoms with Crippen molar-refractivity contribution < 1.29 is 9.53 Å². The molecule has 1 aromatic rings. The number of halogens is 1. The van der Waals surface area contributed by atoms with E-state index in [2.05, 4.69) is 15.9 Å². The van der Waals surface area contributed by atoms with Crippen LogP contribution in [0.5, 0.6) is 0 Å². The fraction of sp³-hybridized carbons (Fsp3) is 0.273. The van der Waals surface area contributed by atoms with Crippen LogP contribution in [0.15, 0.2) is 22.7 Å². The molecule has 0 saturated carbocycles. The molecule has 0 heterocycles. The third-order valence-electron chi connectivity index (χ3n) is 1.87. The van der Waals surface area contributed by atoms with Gasteiger partial charge in [-0.05, 0) is 24.6 Å². The summed E-state index contributed by atoms with van der Waals surface area (Å²) in [4.78, 5) is 11.3. The van der Waals surface area contributed by atoms with E-state index >= 15 is 0 Å². The van der Waals surface area contributed by atoms with E-state index in [-0.39, 0.29) is 12.4 Å². The summed E-state index contributed by atoms with van der Waals surface area (Å²) in [7, 11) is 0. The highest BCUT2D eigenvalue weighted by molar-refractivity contribution is 9.10. The standard InChI is InChI=1S/C11H10BrNO2/c1-2-15-11(14)6-9-8(7-13)4-3-5-10(9)12/h3-5H,2,6H2,1H3. The average molecular weight is 268 g/mol. The second-order valence-electron chi connectivity index (χ2n) is 2.86. The number of nitriles is 1. The molecule has 0 aliphatic rings. The number of hydrogen-bond donors (Lipinski definition) is 0. The molecule has 0 radical (unpaired) electrons. The SMILES string of the molecule is CCOC(=O)Cc1c(Br)cccc1C#N. The van der Waals surface area contributed by atoms with E-state index in [4.69, 9.17) is 10.00 Å². The third kappa shape index (κ3) is 3.07. The number of esters is 1. The molecule has 0 unspecified atom stereocenters. The van der Waals surface area contributed by atoms with Crippen molar-refractivity contribution in [1.82, 2.24) is 0 Å². The van der Waals surface area contributed by atoms with Crippen LogP contribution in [0.2, 0.25) is 0 Å². The van der Waals surface area contributed by atoms with Crippen molar-refractivity contribution in [2.45, 2.75) is 13.3 Å². The van der Waals surface area contributed by atoms with E-state index in [0.29, 0.717) is 17.7 Å². The van der Waals surface area contributed by atoms with E-state index in [1.807, 2.05) is 6.07 Å². The van der Waals surface area contributed by atoms with Crippen LogP contribution in [0.1, 0.15) is 18.1 Å². The van der Waals surface area contributed by atoms with E-state index in [0.717, 1.165) is 4.47 Å². The summed E-state index contributed by atoms with van der Waals surface area (Å²) in [5, 5.41) is 8.86. The number of hydrogen-bond acceptors (Lipinski definition) is 3. The molecule has 0 atom stereocenters. The Morgan fingerprint density at radius 2 is 2.33 bits per heavy atom. The zero-order valence-corrected chi connectivity index (χ0v) is 9.87. The van der Waals surface area contributed by atoms with Crippen LogP contribution < -0.4 is 0 Å². The van der Waals surface area contributed by atoms with Gasteiger partial charge in [-0.1, -0.05) is 22.0 Å². The van der Waals surface area contributed by atoms with Crippen molar-refractivity contribution in [2.24, 2.45) is 0 Å². The number of benzene rings is 1. The predicted octanol–water partition coefficient (Wildman–Crippen LogP) is 2.43. The number of nitrogens with zero attached hydrogens (tertiary/aromatic N) is 1. The van der Waals surface area contributed by atoms with Gasteiger partial charge in [-0.25, -0.2) is 0 Å².